The smallest absolute Gasteiger partial charge is 0.296 e. The third-order valence-electron chi connectivity index (χ3n) is 6.77. The summed E-state index contributed by atoms with van der Waals surface area (Å²) >= 11 is 1.35. The van der Waals surface area contributed by atoms with Gasteiger partial charge in [0.1, 0.15) is 0 Å². The Morgan fingerprint density at radius 3 is 2.56 bits per heavy atom. The fraction of sp³-hybridized carbons (Fsp3) is 0.242. The lowest BCUT2D eigenvalue weighted by Crippen LogP contribution is -2.30. The highest BCUT2D eigenvalue weighted by Gasteiger charge is 2.45. The molecule has 0 fully saturated rings. The molecule has 210 valence electrons. The van der Waals surface area contributed by atoms with Gasteiger partial charge in [-0.1, -0.05) is 66.8 Å². The summed E-state index contributed by atoms with van der Waals surface area (Å²) in [4.78, 5) is 33.6. The maximum absolute atomic E-state index is 13.7. The number of benzene rings is 3. The minimum atomic E-state index is -0.920. The van der Waals surface area contributed by atoms with E-state index in [2.05, 4.69) is 0 Å². The third kappa shape index (κ3) is 5.60. The molecule has 8 heteroatoms. The van der Waals surface area contributed by atoms with Crippen LogP contribution >= 0.6 is 11.3 Å². The van der Waals surface area contributed by atoms with E-state index in [-0.39, 0.29) is 5.57 Å². The van der Waals surface area contributed by atoms with Crippen molar-refractivity contribution in [3.63, 3.8) is 0 Å². The molecule has 2 heterocycles. The molecule has 1 atom stereocenters. The molecular weight excluding hydrogens is 536 g/mol. The average Bonchev–Trinajstić information content (AvgIpc) is 3.50. The summed E-state index contributed by atoms with van der Waals surface area (Å²) in [7, 11) is 0. The van der Waals surface area contributed by atoms with E-state index in [0.29, 0.717) is 35.4 Å². The van der Waals surface area contributed by atoms with Crippen LogP contribution in [0.2, 0.25) is 0 Å². The first-order valence-electron chi connectivity index (χ1n) is 13.6. The summed E-state index contributed by atoms with van der Waals surface area (Å²) in [6.07, 6.45) is 3.89. The van der Waals surface area contributed by atoms with Crippen LogP contribution in [0.5, 0.6) is 11.5 Å². The predicted octanol–water partition coefficient (Wildman–Crippen LogP) is 7.28. The van der Waals surface area contributed by atoms with E-state index < -0.39 is 23.5 Å². The van der Waals surface area contributed by atoms with Crippen LogP contribution in [0.15, 0.2) is 78.1 Å². The van der Waals surface area contributed by atoms with Gasteiger partial charge < -0.3 is 14.6 Å². The van der Waals surface area contributed by atoms with Gasteiger partial charge in [-0.15, -0.1) is 0 Å². The van der Waals surface area contributed by atoms with Gasteiger partial charge in [0.05, 0.1) is 35.0 Å². The summed E-state index contributed by atoms with van der Waals surface area (Å²) in [5.41, 5.74) is 4.26. The molecule has 0 radical (unpaired) electrons. The predicted molar refractivity (Wildman–Crippen MR) is 163 cm³/mol. The molecule has 1 unspecified atom stereocenters. The van der Waals surface area contributed by atoms with E-state index in [9.17, 15) is 14.7 Å². The van der Waals surface area contributed by atoms with Crippen LogP contribution in [-0.2, 0) is 9.59 Å². The zero-order chi connectivity index (χ0) is 29.1. The molecule has 41 heavy (non-hydrogen) atoms. The van der Waals surface area contributed by atoms with Crippen molar-refractivity contribution in [1.82, 2.24) is 4.98 Å². The number of amides is 1. The summed E-state index contributed by atoms with van der Waals surface area (Å²) in [5.74, 6) is -0.660. The lowest BCUT2D eigenvalue weighted by Gasteiger charge is -2.25. The van der Waals surface area contributed by atoms with E-state index in [1.165, 1.54) is 22.3 Å². The third-order valence-corrected chi connectivity index (χ3v) is 7.77. The Morgan fingerprint density at radius 2 is 1.83 bits per heavy atom. The molecule has 0 aliphatic carbocycles. The Hall–Kier alpha value is -4.43. The molecule has 1 aromatic heterocycles. The molecule has 0 bridgehead atoms. The molecule has 0 saturated carbocycles. The van der Waals surface area contributed by atoms with E-state index in [1.54, 1.807) is 24.3 Å². The number of fused-ring (bicyclic) bond motifs is 1. The number of anilines is 1. The summed E-state index contributed by atoms with van der Waals surface area (Å²) in [6.45, 7) is 8.81. The highest BCUT2D eigenvalue weighted by atomic mass is 32.1. The minimum absolute atomic E-state index is 0.0148. The maximum Gasteiger partial charge on any atom is 0.296 e. The second-order valence-electron chi connectivity index (χ2n) is 9.86. The van der Waals surface area contributed by atoms with Gasteiger partial charge in [0.2, 0.25) is 0 Å². The normalized spacial score (nSPS) is 15.4. The molecule has 1 N–H and O–H groups in total. The van der Waals surface area contributed by atoms with Crippen molar-refractivity contribution < 1.29 is 24.2 Å². The number of aryl methyl sites for hydroxylation is 2. The standard InChI is InChI=1S/C33H32N2O5S/c1-5-16-40-25-15-13-23(19-26(25)39-6-2)30-28(24(36)14-12-22-10-8-7-9-11-22)31(37)32(38)35(30)33-34-29-21(4)17-20(3)18-27(29)41-33/h7-15,17-19,30,37H,5-6,16H2,1-4H3. The molecule has 1 amide bonds. The van der Waals surface area contributed by atoms with Gasteiger partial charge in [0.15, 0.2) is 28.2 Å². The quantitative estimate of drug-likeness (QED) is 0.202. The second-order valence-corrected chi connectivity index (χ2v) is 10.9. The zero-order valence-electron chi connectivity index (χ0n) is 23.5. The Balaban J connectivity index is 1.64. The average molecular weight is 569 g/mol. The molecule has 0 spiro atoms. The lowest BCUT2D eigenvalue weighted by atomic mass is 9.95. The molecule has 7 nitrogen and oxygen atoms in total. The summed E-state index contributed by atoms with van der Waals surface area (Å²) in [5, 5.41) is 11.6. The fourth-order valence-electron chi connectivity index (χ4n) is 4.95. The van der Waals surface area contributed by atoms with Crippen molar-refractivity contribution in [3.8, 4) is 11.5 Å². The second kappa shape index (κ2) is 12.0. The van der Waals surface area contributed by atoms with Crippen LogP contribution in [0.3, 0.4) is 0 Å². The van der Waals surface area contributed by atoms with Crippen molar-refractivity contribution in [2.24, 2.45) is 0 Å². The van der Waals surface area contributed by atoms with Crippen LogP contribution in [0.1, 0.15) is 48.6 Å². The number of aromatic nitrogens is 1. The first-order valence-corrected chi connectivity index (χ1v) is 14.5. The van der Waals surface area contributed by atoms with Crippen LogP contribution in [0, 0.1) is 13.8 Å². The molecule has 5 rings (SSSR count). The van der Waals surface area contributed by atoms with Gasteiger partial charge in [0, 0.05) is 0 Å². The molecule has 4 aromatic rings. The van der Waals surface area contributed by atoms with Crippen molar-refractivity contribution in [2.45, 2.75) is 40.2 Å². The number of thiazole rings is 1. The first-order chi connectivity index (χ1) is 19.8. The number of ether oxygens (including phenoxy) is 2. The number of nitrogens with zero attached hydrogens (tertiary/aromatic N) is 2. The van der Waals surface area contributed by atoms with Crippen molar-refractivity contribution in [2.75, 3.05) is 18.1 Å². The monoisotopic (exact) mass is 568 g/mol. The van der Waals surface area contributed by atoms with Gasteiger partial charge in [-0.3, -0.25) is 14.5 Å². The molecular formula is C33H32N2O5S. The molecule has 1 aliphatic heterocycles. The number of carbonyl (C=O) groups excluding carboxylic acids is 2. The summed E-state index contributed by atoms with van der Waals surface area (Å²) < 4.78 is 12.7. The van der Waals surface area contributed by atoms with Gasteiger partial charge >= 0.3 is 0 Å². The van der Waals surface area contributed by atoms with Crippen LogP contribution in [0.4, 0.5) is 5.13 Å². The zero-order valence-corrected chi connectivity index (χ0v) is 24.3. The lowest BCUT2D eigenvalue weighted by molar-refractivity contribution is -0.117. The Morgan fingerprint density at radius 1 is 1.05 bits per heavy atom. The van der Waals surface area contributed by atoms with Crippen molar-refractivity contribution >= 4 is 44.5 Å². The van der Waals surface area contributed by atoms with Crippen LogP contribution in [0.25, 0.3) is 16.3 Å². The van der Waals surface area contributed by atoms with Gasteiger partial charge in [-0.25, -0.2) is 4.98 Å². The van der Waals surface area contributed by atoms with Crippen molar-refractivity contribution in [1.29, 1.82) is 0 Å². The van der Waals surface area contributed by atoms with Crippen molar-refractivity contribution in [3.05, 3.63) is 100 Å². The van der Waals surface area contributed by atoms with Gasteiger partial charge in [-0.05, 0) is 73.7 Å². The van der Waals surface area contributed by atoms with E-state index in [4.69, 9.17) is 14.5 Å². The number of rotatable bonds is 10. The SMILES string of the molecule is CCCOc1ccc(C2C(C(=O)C=Cc3ccccc3)=C(O)C(=O)N2c2nc3c(C)cc(C)cc3s2)cc1OCC. The number of hydrogen-bond acceptors (Lipinski definition) is 7. The van der Waals surface area contributed by atoms with E-state index >= 15 is 0 Å². The van der Waals surface area contributed by atoms with Gasteiger partial charge in [0.25, 0.3) is 5.91 Å². The van der Waals surface area contributed by atoms with Crippen LogP contribution in [-0.4, -0.2) is 35.0 Å². The molecule has 3 aromatic carbocycles. The van der Waals surface area contributed by atoms with Crippen LogP contribution < -0.4 is 14.4 Å². The number of hydrogen-bond donors (Lipinski definition) is 1. The summed E-state index contributed by atoms with van der Waals surface area (Å²) in [6, 6.07) is 17.9. The van der Waals surface area contributed by atoms with E-state index in [1.807, 2.05) is 70.2 Å². The number of aliphatic hydroxyl groups is 1. The minimum Gasteiger partial charge on any atom is -0.503 e. The Bertz CT molecular complexity index is 1670. The number of aliphatic hydroxyl groups excluding tert-OH is 1. The number of allylic oxidation sites excluding steroid dienone is 1. The topological polar surface area (TPSA) is 89.0 Å². The maximum atomic E-state index is 13.7. The highest BCUT2D eigenvalue weighted by Crippen LogP contribution is 2.45. The highest BCUT2D eigenvalue weighted by molar-refractivity contribution is 7.22. The largest absolute Gasteiger partial charge is 0.503 e. The number of carbonyl (C=O) groups is 2. The fourth-order valence-corrected chi connectivity index (χ4v) is 6.12. The number of ketones is 1. The molecule has 1 aliphatic rings. The first kappa shape index (κ1) is 28.1. The molecule has 0 saturated heterocycles. The Labute approximate surface area is 243 Å². The van der Waals surface area contributed by atoms with Gasteiger partial charge in [-0.2, -0.15) is 0 Å². The Kier molecular flexibility index (Phi) is 8.21. The van der Waals surface area contributed by atoms with E-state index in [0.717, 1.165) is 33.3 Å².